The third-order valence-electron chi connectivity index (χ3n) is 4.37. The zero-order valence-corrected chi connectivity index (χ0v) is 16.2. The molecule has 1 aromatic carbocycles. The Morgan fingerprint density at radius 2 is 1.90 bits per heavy atom. The van der Waals surface area contributed by atoms with Gasteiger partial charge in [0, 0.05) is 35.3 Å². The van der Waals surface area contributed by atoms with Crippen molar-refractivity contribution in [2.24, 2.45) is 0 Å². The van der Waals surface area contributed by atoms with E-state index >= 15 is 0 Å². The van der Waals surface area contributed by atoms with E-state index in [-0.39, 0.29) is 17.9 Å². The van der Waals surface area contributed by atoms with Crippen molar-refractivity contribution in [2.45, 2.75) is 17.3 Å². The molecule has 3 N–H and O–H groups in total. The summed E-state index contributed by atoms with van der Waals surface area (Å²) in [5.74, 6) is 4.85. The van der Waals surface area contributed by atoms with E-state index in [0.29, 0.717) is 16.5 Å². The van der Waals surface area contributed by atoms with Gasteiger partial charge in [0.05, 0.1) is 6.54 Å². The number of nitrogen functional groups attached to an aromatic ring is 1. The van der Waals surface area contributed by atoms with Gasteiger partial charge in [-0.2, -0.15) is 5.10 Å². The number of benzene rings is 1. The molecule has 0 aliphatic carbocycles. The van der Waals surface area contributed by atoms with Crippen LogP contribution in [0.1, 0.15) is 5.56 Å². The minimum atomic E-state index is -1.75. The first-order valence-electron chi connectivity index (χ1n) is 8.70. The van der Waals surface area contributed by atoms with Gasteiger partial charge in [-0.25, -0.2) is 23.1 Å². The van der Waals surface area contributed by atoms with Crippen LogP contribution in [0.2, 0.25) is 0 Å². The lowest BCUT2D eigenvalue weighted by molar-refractivity contribution is 0.0360. The molecule has 4 rings (SSSR count). The Morgan fingerprint density at radius 3 is 2.60 bits per heavy atom. The summed E-state index contributed by atoms with van der Waals surface area (Å²) in [6.45, 7) is -0.113. The van der Waals surface area contributed by atoms with Crippen molar-refractivity contribution in [3.63, 3.8) is 0 Å². The predicted molar refractivity (Wildman–Crippen MR) is 104 cm³/mol. The molecule has 0 spiro atoms. The molecule has 0 radical (unpaired) electrons. The highest BCUT2D eigenvalue weighted by atomic mass is 32.2. The minimum absolute atomic E-state index is 0.0545. The molecule has 9 nitrogen and oxygen atoms in total. The van der Waals surface area contributed by atoms with Crippen LogP contribution in [0.4, 0.5) is 8.78 Å². The van der Waals surface area contributed by atoms with Crippen LogP contribution < -0.4 is 5.84 Å². The second-order valence-electron chi connectivity index (χ2n) is 6.45. The summed E-state index contributed by atoms with van der Waals surface area (Å²) >= 11 is 1.08. The van der Waals surface area contributed by atoms with Gasteiger partial charge in [-0.1, -0.05) is 17.8 Å². The highest BCUT2D eigenvalue weighted by molar-refractivity contribution is 7.99. The highest BCUT2D eigenvalue weighted by Crippen LogP contribution is 2.33. The fraction of sp³-hybridized carbons (Fsp3) is 0.167. The first-order valence-corrected chi connectivity index (χ1v) is 9.69. The molecular weight excluding hydrogens is 414 g/mol. The van der Waals surface area contributed by atoms with E-state index in [4.69, 9.17) is 5.84 Å². The molecule has 4 aromatic rings. The van der Waals surface area contributed by atoms with Crippen molar-refractivity contribution in [3.8, 4) is 11.4 Å². The van der Waals surface area contributed by atoms with Gasteiger partial charge in [0.15, 0.2) is 5.82 Å². The number of halogens is 2. The summed E-state index contributed by atoms with van der Waals surface area (Å²) in [7, 11) is 0. The molecule has 3 aromatic heterocycles. The minimum Gasteiger partial charge on any atom is -0.382 e. The van der Waals surface area contributed by atoms with Gasteiger partial charge in [-0.3, -0.25) is 4.98 Å². The molecule has 3 heterocycles. The topological polar surface area (TPSA) is 121 Å². The summed E-state index contributed by atoms with van der Waals surface area (Å²) in [6.07, 6.45) is 5.89. The van der Waals surface area contributed by atoms with Crippen LogP contribution in [-0.4, -0.2) is 45.5 Å². The van der Waals surface area contributed by atoms with Gasteiger partial charge in [0.1, 0.15) is 29.9 Å². The van der Waals surface area contributed by atoms with Crippen molar-refractivity contribution in [1.82, 2.24) is 34.6 Å². The number of nitrogens with two attached hydrogens (primary N) is 1. The zero-order chi connectivity index (χ0) is 21.1. The van der Waals surface area contributed by atoms with Gasteiger partial charge in [0.2, 0.25) is 5.16 Å². The number of hydrogen-bond acceptors (Lipinski definition) is 8. The van der Waals surface area contributed by atoms with Gasteiger partial charge >= 0.3 is 0 Å². The Labute approximate surface area is 173 Å². The molecule has 12 heteroatoms. The third-order valence-corrected chi connectivity index (χ3v) is 5.52. The molecule has 0 saturated heterocycles. The van der Waals surface area contributed by atoms with Crippen molar-refractivity contribution < 1.29 is 13.9 Å². The molecule has 0 aliphatic heterocycles. The maximum atomic E-state index is 14.5. The van der Waals surface area contributed by atoms with Crippen LogP contribution in [0.3, 0.4) is 0 Å². The third kappa shape index (κ3) is 4.00. The lowest BCUT2D eigenvalue weighted by Crippen LogP contribution is -2.35. The number of hydrogen-bond donors (Lipinski definition) is 2. The normalized spacial score (nSPS) is 13.3. The Hall–Kier alpha value is -3.38. The molecule has 0 amide bonds. The Balaban J connectivity index is 1.62. The van der Waals surface area contributed by atoms with E-state index in [1.807, 2.05) is 0 Å². The average molecular weight is 430 g/mol. The van der Waals surface area contributed by atoms with Crippen LogP contribution in [0.15, 0.2) is 60.5 Å². The number of pyridine rings is 1. The van der Waals surface area contributed by atoms with E-state index in [1.54, 1.807) is 24.5 Å². The van der Waals surface area contributed by atoms with Crippen LogP contribution >= 0.6 is 11.8 Å². The fourth-order valence-corrected chi connectivity index (χ4v) is 3.85. The first kappa shape index (κ1) is 19.9. The lowest BCUT2D eigenvalue weighted by atomic mass is 9.95. The summed E-state index contributed by atoms with van der Waals surface area (Å²) in [6, 6.07) is 6.48. The SMILES string of the molecule is Nn1c(SCC(O)(Cn2cncn2)c2ccc(F)cc2F)nnc1-c1ccncc1. The van der Waals surface area contributed by atoms with Crippen molar-refractivity contribution in [1.29, 1.82) is 0 Å². The van der Waals surface area contributed by atoms with E-state index < -0.39 is 17.2 Å². The number of thioether (sulfide) groups is 1. The Bertz CT molecular complexity index is 1140. The maximum Gasteiger partial charge on any atom is 0.210 e. The van der Waals surface area contributed by atoms with E-state index in [1.165, 1.54) is 28.1 Å². The maximum absolute atomic E-state index is 14.5. The average Bonchev–Trinajstić information content (AvgIpc) is 3.36. The Kier molecular flexibility index (Phi) is 5.42. The largest absolute Gasteiger partial charge is 0.382 e. The summed E-state index contributed by atoms with van der Waals surface area (Å²) in [5.41, 5.74) is -1.11. The zero-order valence-electron chi connectivity index (χ0n) is 15.4. The molecule has 1 atom stereocenters. The van der Waals surface area contributed by atoms with Gasteiger partial charge in [0.25, 0.3) is 0 Å². The Morgan fingerprint density at radius 1 is 1.10 bits per heavy atom. The molecule has 0 aliphatic rings. The van der Waals surface area contributed by atoms with Gasteiger partial charge < -0.3 is 10.9 Å². The van der Waals surface area contributed by atoms with Crippen LogP contribution in [0, 0.1) is 11.6 Å². The monoisotopic (exact) mass is 430 g/mol. The fourth-order valence-electron chi connectivity index (χ4n) is 2.92. The summed E-state index contributed by atoms with van der Waals surface area (Å²) < 4.78 is 30.5. The van der Waals surface area contributed by atoms with Crippen LogP contribution in [0.5, 0.6) is 0 Å². The van der Waals surface area contributed by atoms with Gasteiger partial charge in [-0.15, -0.1) is 10.2 Å². The van der Waals surface area contributed by atoms with E-state index in [2.05, 4.69) is 25.3 Å². The van der Waals surface area contributed by atoms with Gasteiger partial charge in [-0.05, 0) is 18.2 Å². The number of nitrogens with zero attached hydrogens (tertiary/aromatic N) is 7. The smallest absolute Gasteiger partial charge is 0.210 e. The first-order chi connectivity index (χ1) is 14.5. The van der Waals surface area contributed by atoms with Crippen molar-refractivity contribution in [2.75, 3.05) is 11.6 Å². The number of aliphatic hydroxyl groups is 1. The predicted octanol–water partition coefficient (Wildman–Crippen LogP) is 1.60. The van der Waals surface area contributed by atoms with E-state index in [9.17, 15) is 13.9 Å². The molecule has 0 fully saturated rings. The highest BCUT2D eigenvalue weighted by Gasteiger charge is 2.34. The summed E-state index contributed by atoms with van der Waals surface area (Å²) in [4.78, 5) is 7.78. The van der Waals surface area contributed by atoms with Crippen molar-refractivity contribution >= 4 is 11.8 Å². The molecule has 154 valence electrons. The lowest BCUT2D eigenvalue weighted by Gasteiger charge is -2.28. The van der Waals surface area contributed by atoms with Crippen LogP contribution in [0.25, 0.3) is 11.4 Å². The molecule has 30 heavy (non-hydrogen) atoms. The molecular formula is C18H16F2N8OS. The molecule has 0 bridgehead atoms. The second-order valence-corrected chi connectivity index (χ2v) is 7.39. The van der Waals surface area contributed by atoms with E-state index in [0.717, 1.165) is 23.9 Å². The second kappa shape index (κ2) is 8.16. The van der Waals surface area contributed by atoms with Crippen molar-refractivity contribution in [3.05, 3.63) is 72.6 Å². The quantitative estimate of drug-likeness (QED) is 0.335. The number of rotatable bonds is 7. The standard InChI is InChI=1S/C18H16F2N8OS/c19-13-1-2-14(15(20)7-13)18(29,8-27-11-23-10-24-27)9-30-17-26-25-16(28(17)21)12-3-5-22-6-4-12/h1-7,10-11,29H,8-9,21H2. The van der Waals surface area contributed by atoms with Crippen LogP contribution in [-0.2, 0) is 12.1 Å². The number of aromatic nitrogens is 7. The molecule has 0 saturated carbocycles. The summed E-state index contributed by atoms with van der Waals surface area (Å²) in [5, 5.41) is 23.7. The molecule has 1 unspecified atom stereocenters.